The lowest BCUT2D eigenvalue weighted by molar-refractivity contribution is 0.631. The van der Waals surface area contributed by atoms with Crippen LogP contribution in [0.3, 0.4) is 0 Å². The zero-order chi connectivity index (χ0) is 8.10. The summed E-state index contributed by atoms with van der Waals surface area (Å²) in [6.45, 7) is 0. The summed E-state index contributed by atoms with van der Waals surface area (Å²) >= 11 is 5.56. The van der Waals surface area contributed by atoms with E-state index in [1.165, 1.54) is 0 Å². The summed E-state index contributed by atoms with van der Waals surface area (Å²) in [7, 11) is -1.07. The highest BCUT2D eigenvalue weighted by Gasteiger charge is 1.91. The lowest BCUT2D eigenvalue weighted by Crippen LogP contribution is -1.80. The molecular formula is C8H10ClOP. The van der Waals surface area contributed by atoms with Crippen LogP contribution in [-0.2, 0) is 0 Å². The zero-order valence-corrected chi connectivity index (χ0v) is 7.84. The summed E-state index contributed by atoms with van der Waals surface area (Å²) in [5.74, 6) is 0.858. The molecule has 0 heterocycles. The Hall–Kier alpha value is -0.390. The largest absolute Gasteiger partial charge is 0.480 e. The van der Waals surface area contributed by atoms with Crippen molar-refractivity contribution < 1.29 is 4.52 Å². The van der Waals surface area contributed by atoms with Crippen LogP contribution in [0.25, 0.3) is 0 Å². The number of para-hydroxylation sites is 1. The SMILES string of the molecule is C=[PH](CCl)Oc1ccccc1. The molecule has 0 aliphatic carbocycles. The maximum atomic E-state index is 5.56. The third-order valence-electron chi connectivity index (χ3n) is 1.15. The zero-order valence-electron chi connectivity index (χ0n) is 6.09. The molecule has 0 aromatic heterocycles. The summed E-state index contributed by atoms with van der Waals surface area (Å²) in [4.78, 5) is 0. The Balaban J connectivity index is 2.58. The Morgan fingerprint density at radius 2 is 2.00 bits per heavy atom. The van der Waals surface area contributed by atoms with Crippen molar-refractivity contribution in [3.8, 4) is 5.75 Å². The van der Waals surface area contributed by atoms with Crippen LogP contribution in [-0.4, -0.2) is 11.9 Å². The smallest absolute Gasteiger partial charge is 0.122 e. The van der Waals surface area contributed by atoms with Crippen molar-refractivity contribution in [2.75, 3.05) is 5.62 Å². The van der Waals surface area contributed by atoms with E-state index in [1.807, 2.05) is 30.3 Å². The van der Waals surface area contributed by atoms with E-state index >= 15 is 0 Å². The van der Waals surface area contributed by atoms with Crippen LogP contribution in [0.2, 0.25) is 0 Å². The first kappa shape index (κ1) is 8.70. The molecule has 1 aromatic carbocycles. The van der Waals surface area contributed by atoms with E-state index in [-0.39, 0.29) is 0 Å². The average Bonchev–Trinajstić information content (AvgIpc) is 2.06. The van der Waals surface area contributed by atoms with Gasteiger partial charge in [-0.05, 0) is 12.1 Å². The van der Waals surface area contributed by atoms with E-state index in [9.17, 15) is 0 Å². The molecule has 0 saturated heterocycles. The molecule has 1 rings (SSSR count). The maximum Gasteiger partial charge on any atom is 0.122 e. The Bertz CT molecular complexity index is 235. The Morgan fingerprint density at radius 3 is 2.55 bits per heavy atom. The van der Waals surface area contributed by atoms with Gasteiger partial charge in [-0.15, -0.1) is 11.6 Å². The summed E-state index contributed by atoms with van der Waals surface area (Å²) in [5, 5.41) is 0. The molecule has 0 N–H and O–H groups in total. The van der Waals surface area contributed by atoms with Crippen molar-refractivity contribution in [1.29, 1.82) is 0 Å². The Morgan fingerprint density at radius 1 is 1.36 bits per heavy atom. The van der Waals surface area contributed by atoms with Gasteiger partial charge in [-0.1, -0.05) is 24.5 Å². The second kappa shape index (κ2) is 4.48. The molecular weight excluding hydrogens is 179 g/mol. The van der Waals surface area contributed by atoms with Gasteiger partial charge in [-0.3, -0.25) is 0 Å². The van der Waals surface area contributed by atoms with E-state index in [1.54, 1.807) is 0 Å². The van der Waals surface area contributed by atoms with Crippen LogP contribution in [0.1, 0.15) is 0 Å². The van der Waals surface area contributed by atoms with E-state index in [0.717, 1.165) is 5.75 Å². The Kier molecular flexibility index (Phi) is 3.55. The number of benzene rings is 1. The third kappa shape index (κ3) is 3.00. The molecule has 11 heavy (non-hydrogen) atoms. The van der Waals surface area contributed by atoms with Gasteiger partial charge in [0.15, 0.2) is 0 Å². The van der Waals surface area contributed by atoms with Gasteiger partial charge in [0.05, 0.1) is 13.4 Å². The van der Waals surface area contributed by atoms with E-state index in [0.29, 0.717) is 5.62 Å². The second-order valence-electron chi connectivity index (χ2n) is 2.09. The quantitative estimate of drug-likeness (QED) is 0.524. The number of halogens is 1. The highest BCUT2D eigenvalue weighted by atomic mass is 35.5. The first-order chi connectivity index (χ1) is 5.33. The normalized spacial score (nSPS) is 12.5. The van der Waals surface area contributed by atoms with Crippen molar-refractivity contribution in [3.05, 3.63) is 30.3 Å². The van der Waals surface area contributed by atoms with Crippen molar-refractivity contribution in [2.45, 2.75) is 0 Å². The topological polar surface area (TPSA) is 9.23 Å². The van der Waals surface area contributed by atoms with Gasteiger partial charge in [0.2, 0.25) is 0 Å². The summed E-state index contributed by atoms with van der Waals surface area (Å²) in [6.07, 6.45) is 3.80. The van der Waals surface area contributed by atoms with Gasteiger partial charge in [-0.2, -0.15) is 0 Å². The molecule has 0 bridgehead atoms. The van der Waals surface area contributed by atoms with Gasteiger partial charge in [0, 0.05) is 0 Å². The highest BCUT2D eigenvalue weighted by Crippen LogP contribution is 2.26. The molecule has 60 valence electrons. The van der Waals surface area contributed by atoms with Gasteiger partial charge in [0.25, 0.3) is 0 Å². The number of hydrogen-bond donors (Lipinski definition) is 0. The molecule has 1 unspecified atom stereocenters. The fourth-order valence-corrected chi connectivity index (χ4v) is 1.37. The Labute approximate surface area is 72.4 Å². The van der Waals surface area contributed by atoms with Crippen LogP contribution in [0, 0.1) is 0 Å². The number of hydrogen-bond acceptors (Lipinski definition) is 1. The summed E-state index contributed by atoms with van der Waals surface area (Å²) in [6, 6.07) is 9.62. The standard InChI is InChI=1S/C8H10ClOP/c1-11(7-9)10-8-5-3-2-4-6-8/h2-6,11H,1,7H2. The van der Waals surface area contributed by atoms with Crippen LogP contribution in [0.4, 0.5) is 0 Å². The molecule has 1 aromatic rings. The van der Waals surface area contributed by atoms with Crippen molar-refractivity contribution in [2.24, 2.45) is 0 Å². The summed E-state index contributed by atoms with van der Waals surface area (Å²) in [5.41, 5.74) is 0.513. The third-order valence-corrected chi connectivity index (χ3v) is 2.87. The lowest BCUT2D eigenvalue weighted by Gasteiger charge is -2.05. The average molecular weight is 189 g/mol. The van der Waals surface area contributed by atoms with Crippen LogP contribution >= 0.6 is 19.4 Å². The predicted octanol–water partition coefficient (Wildman–Crippen LogP) is 2.82. The van der Waals surface area contributed by atoms with Crippen molar-refractivity contribution in [1.82, 2.24) is 0 Å². The minimum absolute atomic E-state index is 0.513. The molecule has 1 nitrogen and oxygen atoms in total. The monoisotopic (exact) mass is 188 g/mol. The van der Waals surface area contributed by atoms with Crippen LogP contribution < -0.4 is 4.52 Å². The summed E-state index contributed by atoms with van der Waals surface area (Å²) < 4.78 is 5.42. The van der Waals surface area contributed by atoms with Crippen molar-refractivity contribution in [3.63, 3.8) is 0 Å². The minimum Gasteiger partial charge on any atom is -0.480 e. The van der Waals surface area contributed by atoms with E-state index < -0.39 is 7.77 Å². The minimum atomic E-state index is -1.07. The molecule has 3 heteroatoms. The van der Waals surface area contributed by atoms with Gasteiger partial charge in [-0.25, -0.2) is 0 Å². The fourth-order valence-electron chi connectivity index (χ4n) is 0.682. The molecule has 0 fully saturated rings. The predicted molar refractivity (Wildman–Crippen MR) is 53.2 cm³/mol. The van der Waals surface area contributed by atoms with E-state index in [2.05, 4.69) is 6.30 Å². The van der Waals surface area contributed by atoms with Gasteiger partial charge >= 0.3 is 0 Å². The first-order valence-corrected chi connectivity index (χ1v) is 5.65. The van der Waals surface area contributed by atoms with E-state index in [4.69, 9.17) is 16.1 Å². The van der Waals surface area contributed by atoms with Gasteiger partial charge in [0.1, 0.15) is 5.75 Å². The van der Waals surface area contributed by atoms with Crippen molar-refractivity contribution >= 4 is 25.7 Å². The number of alkyl halides is 1. The lowest BCUT2D eigenvalue weighted by atomic mass is 10.3. The molecule has 0 saturated carbocycles. The first-order valence-electron chi connectivity index (χ1n) is 3.29. The highest BCUT2D eigenvalue weighted by molar-refractivity contribution is 7.52. The molecule has 0 aliphatic rings. The number of rotatable bonds is 3. The molecule has 0 radical (unpaired) electrons. The van der Waals surface area contributed by atoms with Crippen LogP contribution in [0.5, 0.6) is 5.75 Å². The molecule has 0 amide bonds. The molecule has 1 atom stereocenters. The van der Waals surface area contributed by atoms with Gasteiger partial charge < -0.3 is 4.52 Å². The second-order valence-corrected chi connectivity index (χ2v) is 4.44. The maximum absolute atomic E-state index is 5.56. The molecule has 0 aliphatic heterocycles. The van der Waals surface area contributed by atoms with Crippen LogP contribution in [0.15, 0.2) is 30.3 Å². The molecule has 0 spiro atoms. The fraction of sp³-hybridized carbons (Fsp3) is 0.125.